The molecule has 0 heterocycles. The third-order valence-electron chi connectivity index (χ3n) is 2.04. The van der Waals surface area contributed by atoms with Crippen molar-refractivity contribution in [2.45, 2.75) is 26.7 Å². The van der Waals surface area contributed by atoms with E-state index in [1.54, 1.807) is 7.11 Å². The fourth-order valence-corrected chi connectivity index (χ4v) is 1.32. The minimum Gasteiger partial charge on any atom is -0.384 e. The van der Waals surface area contributed by atoms with Crippen LogP contribution in [0.2, 0.25) is 0 Å². The van der Waals surface area contributed by atoms with E-state index in [2.05, 4.69) is 17.6 Å². The molecule has 0 aromatic rings. The molecule has 0 aliphatic carbocycles. The maximum atomic E-state index is 11.4. The molecule has 2 N–H and O–H groups in total. The Morgan fingerprint density at radius 3 is 2.67 bits per heavy atom. The molecule has 0 fully saturated rings. The summed E-state index contributed by atoms with van der Waals surface area (Å²) in [6, 6.07) is 0. The Hall–Kier alpha value is -0.610. The first-order valence-electron chi connectivity index (χ1n) is 5.67. The zero-order valence-corrected chi connectivity index (χ0v) is 10.1. The molecule has 0 aromatic carbocycles. The maximum absolute atomic E-state index is 11.4. The van der Waals surface area contributed by atoms with E-state index >= 15 is 0 Å². The van der Waals surface area contributed by atoms with E-state index in [4.69, 9.17) is 4.74 Å². The topological polar surface area (TPSA) is 50.4 Å². The van der Waals surface area contributed by atoms with Crippen molar-refractivity contribution in [2.75, 3.05) is 33.4 Å². The first-order valence-corrected chi connectivity index (χ1v) is 5.67. The van der Waals surface area contributed by atoms with Gasteiger partial charge in [0.15, 0.2) is 0 Å². The van der Waals surface area contributed by atoms with Crippen LogP contribution in [0.25, 0.3) is 0 Å². The molecule has 0 radical (unpaired) electrons. The summed E-state index contributed by atoms with van der Waals surface area (Å²) in [5.74, 6) is 0.399. The summed E-state index contributed by atoms with van der Waals surface area (Å²) < 4.78 is 4.97. The highest BCUT2D eigenvalue weighted by molar-refractivity contribution is 5.76. The highest BCUT2D eigenvalue weighted by Gasteiger charge is 2.07. The average Bonchev–Trinajstić information content (AvgIpc) is 2.17. The highest BCUT2D eigenvalue weighted by Crippen LogP contribution is 2.00. The molecule has 1 unspecified atom stereocenters. The molecular weight excluding hydrogens is 192 g/mol. The van der Waals surface area contributed by atoms with Gasteiger partial charge in [-0.1, -0.05) is 13.8 Å². The van der Waals surface area contributed by atoms with Gasteiger partial charge in [0.2, 0.25) is 5.91 Å². The second kappa shape index (κ2) is 9.93. The molecule has 1 atom stereocenters. The number of carbonyl (C=O) groups excluding carboxylic acids is 1. The lowest BCUT2D eigenvalue weighted by molar-refractivity contribution is -0.122. The molecule has 15 heavy (non-hydrogen) atoms. The molecule has 0 bridgehead atoms. The lowest BCUT2D eigenvalue weighted by Gasteiger charge is -2.10. The quantitative estimate of drug-likeness (QED) is 0.560. The number of methoxy groups -OCH3 is 1. The Kier molecular flexibility index (Phi) is 9.52. The predicted octanol–water partition coefficient (Wildman–Crippen LogP) is 0.775. The number of hydrogen-bond acceptors (Lipinski definition) is 3. The summed E-state index contributed by atoms with van der Waals surface area (Å²) in [5.41, 5.74) is 0. The second-order valence-corrected chi connectivity index (χ2v) is 3.86. The van der Waals surface area contributed by atoms with Gasteiger partial charge in [-0.25, -0.2) is 0 Å². The van der Waals surface area contributed by atoms with Crippen molar-refractivity contribution in [3.63, 3.8) is 0 Å². The smallest absolute Gasteiger partial charge is 0.220 e. The zero-order valence-electron chi connectivity index (χ0n) is 10.1. The molecule has 0 rings (SSSR count). The van der Waals surface area contributed by atoms with Crippen LogP contribution < -0.4 is 10.6 Å². The Morgan fingerprint density at radius 2 is 2.07 bits per heavy atom. The Morgan fingerprint density at radius 1 is 1.33 bits per heavy atom. The van der Waals surface area contributed by atoms with Gasteiger partial charge in [0.05, 0.1) is 0 Å². The summed E-state index contributed by atoms with van der Waals surface area (Å²) in [5, 5.41) is 6.10. The van der Waals surface area contributed by atoms with Crippen molar-refractivity contribution in [1.82, 2.24) is 10.6 Å². The summed E-state index contributed by atoms with van der Waals surface area (Å²) in [7, 11) is 1.66. The van der Waals surface area contributed by atoms with E-state index in [1.165, 1.54) is 0 Å². The number of hydrogen-bond donors (Lipinski definition) is 2. The summed E-state index contributed by atoms with van der Waals surface area (Å²) in [6.45, 7) is 7.34. The number of nitrogens with one attached hydrogen (secondary N) is 2. The van der Waals surface area contributed by atoms with E-state index in [0.29, 0.717) is 25.5 Å². The molecule has 4 heteroatoms. The molecular formula is C11H24N2O2. The van der Waals surface area contributed by atoms with Crippen LogP contribution >= 0.6 is 0 Å². The van der Waals surface area contributed by atoms with Crippen molar-refractivity contribution in [2.24, 2.45) is 5.92 Å². The van der Waals surface area contributed by atoms with Gasteiger partial charge in [-0.3, -0.25) is 4.79 Å². The van der Waals surface area contributed by atoms with E-state index < -0.39 is 0 Å². The first-order chi connectivity index (χ1) is 7.20. The lowest BCUT2D eigenvalue weighted by Crippen LogP contribution is -2.33. The Labute approximate surface area is 92.8 Å². The molecule has 0 aliphatic rings. The van der Waals surface area contributed by atoms with Crippen LogP contribution in [0.15, 0.2) is 0 Å². The van der Waals surface area contributed by atoms with Crippen LogP contribution in [0.1, 0.15) is 26.7 Å². The van der Waals surface area contributed by atoms with Crippen molar-refractivity contribution >= 4 is 5.91 Å². The van der Waals surface area contributed by atoms with E-state index in [-0.39, 0.29) is 5.91 Å². The van der Waals surface area contributed by atoms with Crippen LogP contribution in [0.5, 0.6) is 0 Å². The van der Waals surface area contributed by atoms with Crippen molar-refractivity contribution in [1.29, 1.82) is 0 Å². The molecule has 0 aromatic heterocycles. The SMILES string of the molecule is CCCNCCNC(=O)CC(C)COC. The average molecular weight is 216 g/mol. The monoisotopic (exact) mass is 216 g/mol. The van der Waals surface area contributed by atoms with Gasteiger partial charge in [0.25, 0.3) is 0 Å². The largest absolute Gasteiger partial charge is 0.384 e. The molecule has 0 aliphatic heterocycles. The number of amides is 1. The van der Waals surface area contributed by atoms with Crippen molar-refractivity contribution < 1.29 is 9.53 Å². The normalized spacial score (nSPS) is 12.5. The standard InChI is InChI=1S/C11H24N2O2/c1-4-5-12-6-7-13-11(14)8-10(2)9-15-3/h10,12H,4-9H2,1-3H3,(H,13,14). The van der Waals surface area contributed by atoms with Crippen LogP contribution in [0, 0.1) is 5.92 Å². The fraction of sp³-hybridized carbons (Fsp3) is 0.909. The summed E-state index contributed by atoms with van der Waals surface area (Å²) >= 11 is 0. The van der Waals surface area contributed by atoms with Crippen LogP contribution in [0.4, 0.5) is 0 Å². The minimum atomic E-state index is 0.109. The number of carbonyl (C=O) groups is 1. The van der Waals surface area contributed by atoms with E-state index in [1.807, 2.05) is 6.92 Å². The molecule has 1 amide bonds. The van der Waals surface area contributed by atoms with Crippen LogP contribution in [0.3, 0.4) is 0 Å². The van der Waals surface area contributed by atoms with Gasteiger partial charge >= 0.3 is 0 Å². The first kappa shape index (κ1) is 14.4. The van der Waals surface area contributed by atoms with E-state index in [0.717, 1.165) is 19.5 Å². The lowest BCUT2D eigenvalue weighted by atomic mass is 10.1. The van der Waals surface area contributed by atoms with Crippen molar-refractivity contribution in [3.05, 3.63) is 0 Å². The van der Waals surface area contributed by atoms with Gasteiger partial charge < -0.3 is 15.4 Å². The van der Waals surface area contributed by atoms with Gasteiger partial charge in [0.1, 0.15) is 0 Å². The maximum Gasteiger partial charge on any atom is 0.220 e. The molecule has 0 saturated carbocycles. The summed E-state index contributed by atoms with van der Waals surface area (Å²) in [4.78, 5) is 11.4. The Balaban J connectivity index is 3.32. The molecule has 4 nitrogen and oxygen atoms in total. The predicted molar refractivity (Wildman–Crippen MR) is 61.8 cm³/mol. The fourth-order valence-electron chi connectivity index (χ4n) is 1.32. The number of ether oxygens (including phenoxy) is 1. The second-order valence-electron chi connectivity index (χ2n) is 3.86. The highest BCUT2D eigenvalue weighted by atomic mass is 16.5. The van der Waals surface area contributed by atoms with E-state index in [9.17, 15) is 4.79 Å². The third-order valence-corrected chi connectivity index (χ3v) is 2.04. The summed E-state index contributed by atoms with van der Waals surface area (Å²) in [6.07, 6.45) is 1.67. The van der Waals surface area contributed by atoms with Gasteiger partial charge in [0, 0.05) is 33.2 Å². The molecule has 90 valence electrons. The third kappa shape index (κ3) is 9.69. The van der Waals surface area contributed by atoms with Crippen molar-refractivity contribution in [3.8, 4) is 0 Å². The number of rotatable bonds is 9. The van der Waals surface area contributed by atoms with Crippen LogP contribution in [-0.2, 0) is 9.53 Å². The Bertz CT molecular complexity index is 163. The zero-order chi connectivity index (χ0) is 11.5. The minimum absolute atomic E-state index is 0.109. The van der Waals surface area contributed by atoms with Crippen LogP contribution in [-0.4, -0.2) is 39.3 Å². The van der Waals surface area contributed by atoms with Gasteiger partial charge in [-0.15, -0.1) is 0 Å². The van der Waals surface area contributed by atoms with Gasteiger partial charge in [-0.05, 0) is 18.9 Å². The molecule has 0 saturated heterocycles. The van der Waals surface area contributed by atoms with Gasteiger partial charge in [-0.2, -0.15) is 0 Å². The molecule has 0 spiro atoms.